The molecule has 0 aliphatic carbocycles. The lowest BCUT2D eigenvalue weighted by Gasteiger charge is -2.49. The lowest BCUT2D eigenvalue weighted by atomic mass is 9.96. The number of carbonyl (C=O) groups is 2. The third-order valence-corrected chi connectivity index (χ3v) is 4.54. The molecular weight excluding hydrogens is 266 g/mol. The van der Waals surface area contributed by atoms with Crippen LogP contribution in [0.2, 0.25) is 0 Å². The Balaban J connectivity index is 2.23. The third kappa shape index (κ3) is 2.51. The Labute approximate surface area is 117 Å². The molecule has 1 saturated heterocycles. The van der Waals surface area contributed by atoms with Gasteiger partial charge >= 0.3 is 5.97 Å². The summed E-state index contributed by atoms with van der Waals surface area (Å²) in [5.41, 5.74) is 0.614. The number of aliphatic hydroxyl groups is 1. The number of β-lactam (4-membered cyclic amide) rings is 1. The number of nitrogens with zero attached hydrogens (tertiary/aromatic N) is 1. The normalized spacial score (nSPS) is 27.0. The van der Waals surface area contributed by atoms with E-state index in [1.54, 1.807) is 32.5 Å². The van der Waals surface area contributed by atoms with Gasteiger partial charge < -0.3 is 9.84 Å². The molecule has 106 valence electrons. The van der Waals surface area contributed by atoms with E-state index in [9.17, 15) is 14.7 Å². The molecule has 1 N–H and O–H groups in total. The minimum atomic E-state index is -0.589. The summed E-state index contributed by atoms with van der Waals surface area (Å²) in [5.74, 6) is -0.366. The fourth-order valence-electron chi connectivity index (χ4n) is 2.20. The van der Waals surface area contributed by atoms with E-state index < -0.39 is 17.5 Å². The molecule has 0 aromatic heterocycles. The van der Waals surface area contributed by atoms with Gasteiger partial charge in [0.05, 0.1) is 17.9 Å². The number of rotatable bonds is 2. The summed E-state index contributed by atoms with van der Waals surface area (Å²) in [6.07, 6.45) is 0. The molecule has 0 radical (unpaired) electrons. The highest BCUT2D eigenvalue weighted by molar-refractivity contribution is 8.00. The first-order valence-corrected chi connectivity index (χ1v) is 7.30. The molecule has 2 aliphatic heterocycles. The van der Waals surface area contributed by atoms with Gasteiger partial charge in [0.25, 0.3) is 0 Å². The quantitative estimate of drug-likeness (QED) is 0.608. The molecule has 2 aliphatic rings. The molecule has 0 bridgehead atoms. The first-order chi connectivity index (χ1) is 8.76. The van der Waals surface area contributed by atoms with E-state index in [1.807, 2.05) is 6.92 Å². The highest BCUT2D eigenvalue weighted by Gasteiger charge is 2.53. The second-order valence-corrected chi connectivity index (χ2v) is 6.93. The molecule has 19 heavy (non-hydrogen) atoms. The smallest absolute Gasteiger partial charge is 0.355 e. The molecule has 1 unspecified atom stereocenters. The molecule has 6 heteroatoms. The number of hydrogen-bond donors (Lipinski definition) is 1. The van der Waals surface area contributed by atoms with Gasteiger partial charge in [-0.05, 0) is 33.3 Å². The van der Waals surface area contributed by atoms with Crippen LogP contribution >= 0.6 is 11.8 Å². The zero-order chi connectivity index (χ0) is 14.4. The molecule has 2 heterocycles. The lowest BCUT2D eigenvalue weighted by Crippen LogP contribution is -2.62. The second kappa shape index (κ2) is 4.83. The summed E-state index contributed by atoms with van der Waals surface area (Å²) in [6.45, 7) is 7.05. The Hall–Kier alpha value is -1.01. The van der Waals surface area contributed by atoms with Crippen molar-refractivity contribution in [2.45, 2.75) is 38.7 Å². The van der Waals surface area contributed by atoms with E-state index in [1.165, 1.54) is 4.90 Å². The van der Waals surface area contributed by atoms with Crippen LogP contribution in [0, 0.1) is 5.92 Å². The Kier molecular flexibility index (Phi) is 3.66. The number of amides is 1. The number of aliphatic hydroxyl groups excluding tert-OH is 1. The Morgan fingerprint density at radius 2 is 2.16 bits per heavy atom. The van der Waals surface area contributed by atoms with Gasteiger partial charge in [0.2, 0.25) is 5.91 Å². The maximum Gasteiger partial charge on any atom is 0.355 e. The number of hydrogen-bond acceptors (Lipinski definition) is 5. The lowest BCUT2D eigenvalue weighted by molar-refractivity contribution is -0.161. The van der Waals surface area contributed by atoms with Gasteiger partial charge in [-0.2, -0.15) is 0 Å². The van der Waals surface area contributed by atoms with E-state index in [2.05, 4.69) is 0 Å². The summed E-state index contributed by atoms with van der Waals surface area (Å²) < 4.78 is 5.35. The fraction of sp³-hybridized carbons (Fsp3) is 0.692. The first kappa shape index (κ1) is 14.4. The van der Waals surface area contributed by atoms with Gasteiger partial charge in [0, 0.05) is 5.75 Å². The van der Waals surface area contributed by atoms with Crippen LogP contribution in [-0.4, -0.2) is 45.2 Å². The van der Waals surface area contributed by atoms with E-state index in [0.29, 0.717) is 11.4 Å². The molecule has 0 aromatic carbocycles. The van der Waals surface area contributed by atoms with Crippen molar-refractivity contribution in [1.82, 2.24) is 4.90 Å². The molecule has 2 atom stereocenters. The maximum absolute atomic E-state index is 12.2. The van der Waals surface area contributed by atoms with Crippen molar-refractivity contribution in [3.63, 3.8) is 0 Å². The predicted octanol–water partition coefficient (Wildman–Crippen LogP) is 1.13. The maximum atomic E-state index is 12.2. The van der Waals surface area contributed by atoms with Gasteiger partial charge in [-0.25, -0.2) is 4.79 Å². The van der Waals surface area contributed by atoms with Crippen molar-refractivity contribution in [2.75, 3.05) is 12.4 Å². The highest BCUT2D eigenvalue weighted by Crippen LogP contribution is 2.43. The van der Waals surface area contributed by atoms with Crippen molar-refractivity contribution in [1.29, 1.82) is 0 Å². The number of fused-ring (bicyclic) bond motifs is 1. The van der Waals surface area contributed by atoms with Crippen LogP contribution in [0.15, 0.2) is 11.3 Å². The fourth-order valence-corrected chi connectivity index (χ4v) is 3.55. The highest BCUT2D eigenvalue weighted by atomic mass is 32.2. The molecule has 0 aromatic rings. The summed E-state index contributed by atoms with van der Waals surface area (Å²) >= 11 is 1.58. The van der Waals surface area contributed by atoms with Crippen LogP contribution in [0.5, 0.6) is 0 Å². The third-order valence-electron chi connectivity index (χ3n) is 3.06. The van der Waals surface area contributed by atoms with Crippen LogP contribution in [0.1, 0.15) is 27.7 Å². The van der Waals surface area contributed by atoms with Gasteiger partial charge in [0.15, 0.2) is 0 Å². The largest absolute Gasteiger partial charge is 0.455 e. The van der Waals surface area contributed by atoms with Crippen LogP contribution in [0.3, 0.4) is 0 Å². The van der Waals surface area contributed by atoms with E-state index in [-0.39, 0.29) is 17.9 Å². The summed E-state index contributed by atoms with van der Waals surface area (Å²) in [4.78, 5) is 25.6. The summed E-state index contributed by atoms with van der Waals surface area (Å²) in [7, 11) is 0. The molecule has 0 spiro atoms. The van der Waals surface area contributed by atoms with Crippen LogP contribution in [0.25, 0.3) is 0 Å². The Morgan fingerprint density at radius 1 is 1.53 bits per heavy atom. The number of thioether (sulfide) groups is 1. The average Bonchev–Trinajstić information content (AvgIpc) is 2.27. The van der Waals surface area contributed by atoms with Gasteiger partial charge in [-0.3, -0.25) is 9.69 Å². The number of esters is 1. The van der Waals surface area contributed by atoms with Gasteiger partial charge in [0.1, 0.15) is 11.3 Å². The Morgan fingerprint density at radius 3 is 2.68 bits per heavy atom. The molecule has 1 fully saturated rings. The molecule has 1 amide bonds. The van der Waals surface area contributed by atoms with Crippen molar-refractivity contribution in [2.24, 2.45) is 5.92 Å². The average molecular weight is 285 g/mol. The first-order valence-electron chi connectivity index (χ1n) is 6.25. The molecule has 0 saturated carbocycles. The molecular formula is C13H19NO4S. The van der Waals surface area contributed by atoms with Crippen molar-refractivity contribution in [3.05, 3.63) is 11.3 Å². The van der Waals surface area contributed by atoms with E-state index in [4.69, 9.17) is 4.74 Å². The van der Waals surface area contributed by atoms with Crippen molar-refractivity contribution < 1.29 is 19.4 Å². The molecule has 2 rings (SSSR count). The summed E-state index contributed by atoms with van der Waals surface area (Å²) in [6, 6.07) is 0. The zero-order valence-electron chi connectivity index (χ0n) is 11.6. The van der Waals surface area contributed by atoms with Gasteiger partial charge in [-0.15, -0.1) is 11.8 Å². The van der Waals surface area contributed by atoms with Crippen LogP contribution in [0.4, 0.5) is 0 Å². The summed E-state index contributed by atoms with van der Waals surface area (Å²) in [5, 5.41) is 9.04. The minimum Gasteiger partial charge on any atom is -0.455 e. The van der Waals surface area contributed by atoms with Crippen LogP contribution in [-0.2, 0) is 14.3 Å². The SMILES string of the molecule is CC1=C(C(=O)OC(C)(C)C)N2C(=O)C(CO)[C@@H]2SC1. The predicted molar refractivity (Wildman–Crippen MR) is 72.2 cm³/mol. The standard InChI is InChI=1S/C13H19NO4S/c1-7-6-19-11-8(5-15)10(16)14(11)9(7)12(17)18-13(2,3)4/h8,11,15H,5-6H2,1-4H3/t8?,11-/m0/s1. The second-order valence-electron chi connectivity index (χ2n) is 5.83. The number of carbonyl (C=O) groups excluding carboxylic acids is 2. The number of ether oxygens (including phenoxy) is 1. The Bertz CT molecular complexity index is 452. The topological polar surface area (TPSA) is 66.8 Å². The minimum absolute atomic E-state index is 0.135. The zero-order valence-corrected chi connectivity index (χ0v) is 12.4. The molecule has 5 nitrogen and oxygen atoms in total. The van der Waals surface area contributed by atoms with E-state index in [0.717, 1.165) is 5.57 Å². The van der Waals surface area contributed by atoms with Crippen molar-refractivity contribution in [3.8, 4) is 0 Å². The van der Waals surface area contributed by atoms with Crippen LogP contribution < -0.4 is 0 Å². The van der Waals surface area contributed by atoms with E-state index >= 15 is 0 Å². The van der Waals surface area contributed by atoms with Crippen molar-refractivity contribution >= 4 is 23.6 Å². The monoisotopic (exact) mass is 285 g/mol. The van der Waals surface area contributed by atoms with Gasteiger partial charge in [-0.1, -0.05) is 0 Å².